The summed E-state index contributed by atoms with van der Waals surface area (Å²) in [6.45, 7) is 0. The summed E-state index contributed by atoms with van der Waals surface area (Å²) >= 11 is 0. The molecule has 0 saturated carbocycles. The van der Waals surface area contributed by atoms with Crippen molar-refractivity contribution in [1.29, 1.82) is 0 Å². The third kappa shape index (κ3) is 3.12. The molecular formula is C17H18O4. The summed E-state index contributed by atoms with van der Waals surface area (Å²) in [6.07, 6.45) is 8.19. The zero-order valence-corrected chi connectivity index (χ0v) is 12.0. The van der Waals surface area contributed by atoms with Crippen molar-refractivity contribution in [2.24, 2.45) is 5.92 Å². The number of rotatable bonds is 5. The lowest BCUT2D eigenvalue weighted by atomic mass is 9.91. The smallest absolute Gasteiger partial charge is 0.235 e. The van der Waals surface area contributed by atoms with E-state index in [4.69, 9.17) is 9.47 Å². The van der Waals surface area contributed by atoms with Crippen LogP contribution in [-0.4, -0.2) is 30.9 Å². The Kier molecular flexibility index (Phi) is 4.73. The number of carbonyl (C=O) groups excluding carboxylic acids is 1. The first kappa shape index (κ1) is 15.2. The van der Waals surface area contributed by atoms with Gasteiger partial charge in [0.05, 0.1) is 13.0 Å². The van der Waals surface area contributed by atoms with Crippen molar-refractivity contribution in [3.05, 3.63) is 72.0 Å². The molecule has 0 aliphatic heterocycles. The third-order valence-corrected chi connectivity index (χ3v) is 3.42. The molecule has 1 aromatic carbocycles. The van der Waals surface area contributed by atoms with Gasteiger partial charge in [0.25, 0.3) is 0 Å². The molecule has 2 unspecified atom stereocenters. The third-order valence-electron chi connectivity index (χ3n) is 3.42. The number of carbonyl (C=O) groups is 1. The van der Waals surface area contributed by atoms with Crippen LogP contribution in [0.1, 0.15) is 10.4 Å². The summed E-state index contributed by atoms with van der Waals surface area (Å²) in [5.41, 5.74) is 0.594. The van der Waals surface area contributed by atoms with Gasteiger partial charge in [-0.25, -0.2) is 0 Å². The van der Waals surface area contributed by atoms with Crippen LogP contribution in [0.2, 0.25) is 0 Å². The van der Waals surface area contributed by atoms with Crippen LogP contribution in [0.4, 0.5) is 0 Å². The second kappa shape index (κ2) is 6.52. The van der Waals surface area contributed by atoms with Crippen LogP contribution < -0.4 is 0 Å². The number of benzene rings is 1. The molecule has 0 amide bonds. The van der Waals surface area contributed by atoms with Gasteiger partial charge in [-0.1, -0.05) is 48.6 Å². The Bertz CT molecular complexity index is 586. The van der Waals surface area contributed by atoms with Crippen molar-refractivity contribution in [3.8, 4) is 0 Å². The Balaban J connectivity index is 2.19. The molecule has 110 valence electrons. The average Bonchev–Trinajstić information content (AvgIpc) is 2.54. The molecular weight excluding hydrogens is 268 g/mol. The first-order valence-corrected chi connectivity index (χ1v) is 6.60. The van der Waals surface area contributed by atoms with E-state index < -0.39 is 11.7 Å². The lowest BCUT2D eigenvalue weighted by molar-refractivity contribution is -0.196. The summed E-state index contributed by atoms with van der Waals surface area (Å²) in [7, 11) is 2.86. The van der Waals surface area contributed by atoms with Gasteiger partial charge in [0.1, 0.15) is 0 Å². The standard InChI is InChI=1S/C17H18O4/c1-20-16-10-6-9-14(17(16,19)21-2)11-12-15(18)13-7-4-3-5-8-13/h3-12,14,19H,1-2H3. The largest absolute Gasteiger partial charge is 0.495 e. The Morgan fingerprint density at radius 3 is 2.62 bits per heavy atom. The molecule has 0 aromatic heterocycles. The maximum atomic E-state index is 12.1. The molecule has 0 saturated heterocycles. The van der Waals surface area contributed by atoms with Gasteiger partial charge < -0.3 is 14.6 Å². The van der Waals surface area contributed by atoms with Crippen LogP contribution in [0.15, 0.2) is 66.5 Å². The monoisotopic (exact) mass is 286 g/mol. The van der Waals surface area contributed by atoms with Crippen molar-refractivity contribution in [2.75, 3.05) is 14.2 Å². The van der Waals surface area contributed by atoms with Gasteiger partial charge in [-0.05, 0) is 12.2 Å². The Morgan fingerprint density at radius 1 is 1.29 bits per heavy atom. The molecule has 1 aromatic rings. The first-order chi connectivity index (χ1) is 10.1. The van der Waals surface area contributed by atoms with E-state index in [1.807, 2.05) is 6.07 Å². The summed E-state index contributed by atoms with van der Waals surface area (Å²) < 4.78 is 10.3. The lowest BCUT2D eigenvalue weighted by Gasteiger charge is -2.34. The number of ether oxygens (including phenoxy) is 2. The highest BCUT2D eigenvalue weighted by atomic mass is 16.6. The quantitative estimate of drug-likeness (QED) is 0.513. The van der Waals surface area contributed by atoms with Crippen LogP contribution in [-0.2, 0) is 9.47 Å². The summed E-state index contributed by atoms with van der Waals surface area (Å²) in [6, 6.07) is 8.94. The van der Waals surface area contributed by atoms with E-state index in [-0.39, 0.29) is 5.78 Å². The molecule has 1 aliphatic carbocycles. The second-order valence-electron chi connectivity index (χ2n) is 4.64. The van der Waals surface area contributed by atoms with E-state index in [0.29, 0.717) is 11.3 Å². The summed E-state index contributed by atoms with van der Waals surface area (Å²) in [5.74, 6) is -1.93. The zero-order valence-electron chi connectivity index (χ0n) is 12.0. The molecule has 4 nitrogen and oxygen atoms in total. The number of ketones is 1. The normalized spacial score (nSPS) is 24.9. The van der Waals surface area contributed by atoms with Crippen LogP contribution in [0, 0.1) is 5.92 Å². The Morgan fingerprint density at radius 2 is 2.00 bits per heavy atom. The second-order valence-corrected chi connectivity index (χ2v) is 4.64. The van der Waals surface area contributed by atoms with Crippen molar-refractivity contribution < 1.29 is 19.4 Å². The Labute approximate surface area is 124 Å². The molecule has 21 heavy (non-hydrogen) atoms. The SMILES string of the molecule is COC1=CC=CC(C=CC(=O)c2ccccc2)C1(O)OC. The van der Waals surface area contributed by atoms with Gasteiger partial charge in [-0.2, -0.15) is 0 Å². The van der Waals surface area contributed by atoms with Crippen LogP contribution in [0.25, 0.3) is 0 Å². The molecule has 1 aliphatic rings. The van der Waals surface area contributed by atoms with Gasteiger partial charge in [-0.15, -0.1) is 0 Å². The van der Waals surface area contributed by atoms with Gasteiger partial charge in [0.15, 0.2) is 11.5 Å². The minimum absolute atomic E-state index is 0.129. The van der Waals surface area contributed by atoms with E-state index in [1.54, 1.807) is 48.6 Å². The highest BCUT2D eigenvalue weighted by Crippen LogP contribution is 2.33. The highest BCUT2D eigenvalue weighted by molar-refractivity contribution is 6.04. The topological polar surface area (TPSA) is 55.8 Å². The van der Waals surface area contributed by atoms with Crippen LogP contribution in [0.5, 0.6) is 0 Å². The lowest BCUT2D eigenvalue weighted by Crippen LogP contribution is -2.42. The molecule has 2 atom stereocenters. The molecule has 4 heteroatoms. The van der Waals surface area contributed by atoms with Gasteiger partial charge in [0, 0.05) is 12.7 Å². The predicted molar refractivity (Wildman–Crippen MR) is 79.6 cm³/mol. The number of hydrogen-bond donors (Lipinski definition) is 1. The van der Waals surface area contributed by atoms with Crippen LogP contribution in [0.3, 0.4) is 0 Å². The molecule has 0 heterocycles. The van der Waals surface area contributed by atoms with Crippen molar-refractivity contribution in [2.45, 2.75) is 5.79 Å². The van der Waals surface area contributed by atoms with Gasteiger partial charge in [0.2, 0.25) is 5.79 Å². The van der Waals surface area contributed by atoms with Gasteiger partial charge >= 0.3 is 0 Å². The zero-order chi connectivity index (χ0) is 15.3. The van der Waals surface area contributed by atoms with E-state index in [9.17, 15) is 9.90 Å². The molecule has 2 rings (SSSR count). The van der Waals surface area contributed by atoms with E-state index in [0.717, 1.165) is 0 Å². The van der Waals surface area contributed by atoms with Crippen LogP contribution >= 0.6 is 0 Å². The molecule has 1 N–H and O–H groups in total. The average molecular weight is 286 g/mol. The minimum Gasteiger partial charge on any atom is -0.495 e. The molecule has 0 radical (unpaired) electrons. The van der Waals surface area contributed by atoms with E-state index in [1.165, 1.54) is 20.3 Å². The van der Waals surface area contributed by atoms with E-state index >= 15 is 0 Å². The minimum atomic E-state index is -1.60. The first-order valence-electron chi connectivity index (χ1n) is 6.60. The molecule has 0 fully saturated rings. The predicted octanol–water partition coefficient (Wildman–Crippen LogP) is 2.48. The fraction of sp³-hybridized carbons (Fsp3) is 0.235. The fourth-order valence-electron chi connectivity index (χ4n) is 2.21. The number of aliphatic hydroxyl groups is 1. The highest BCUT2D eigenvalue weighted by Gasteiger charge is 2.41. The van der Waals surface area contributed by atoms with Crippen molar-refractivity contribution in [3.63, 3.8) is 0 Å². The van der Waals surface area contributed by atoms with Crippen molar-refractivity contribution >= 4 is 5.78 Å². The summed E-state index contributed by atoms with van der Waals surface area (Å²) in [5, 5.41) is 10.6. The maximum Gasteiger partial charge on any atom is 0.235 e. The number of methoxy groups -OCH3 is 2. The van der Waals surface area contributed by atoms with E-state index in [2.05, 4.69) is 0 Å². The fourth-order valence-corrected chi connectivity index (χ4v) is 2.21. The summed E-state index contributed by atoms with van der Waals surface area (Å²) in [4.78, 5) is 12.1. The number of allylic oxidation sites excluding steroid dienone is 3. The molecule has 0 bridgehead atoms. The Hall–Kier alpha value is -2.17. The van der Waals surface area contributed by atoms with Gasteiger partial charge in [-0.3, -0.25) is 4.79 Å². The number of hydrogen-bond acceptors (Lipinski definition) is 4. The molecule has 0 spiro atoms. The van der Waals surface area contributed by atoms with Crippen molar-refractivity contribution in [1.82, 2.24) is 0 Å². The maximum absolute atomic E-state index is 12.1.